The number of cyclic esters (lactones) is 1. The van der Waals surface area contributed by atoms with Gasteiger partial charge in [-0.1, -0.05) is 23.8 Å². The standard InChI is InChI=1S/C16H20O4/c1-5-18-14-10-16(19-6-2,20-15(14)17)13-8-7-11(3)9-12(13)4/h7-10H,5-6H2,1-4H3. The lowest BCUT2D eigenvalue weighted by molar-refractivity contribution is -0.203. The fraction of sp³-hybridized carbons (Fsp3) is 0.438. The first-order valence-corrected chi connectivity index (χ1v) is 6.83. The van der Waals surface area contributed by atoms with Crippen LogP contribution < -0.4 is 0 Å². The smallest absolute Gasteiger partial charge is 0.376 e. The molecule has 0 spiro atoms. The third-order valence-corrected chi connectivity index (χ3v) is 3.18. The summed E-state index contributed by atoms with van der Waals surface area (Å²) in [4.78, 5) is 11.9. The number of hydrogen-bond donors (Lipinski definition) is 0. The summed E-state index contributed by atoms with van der Waals surface area (Å²) in [6.07, 6.45) is 1.62. The van der Waals surface area contributed by atoms with E-state index in [1.54, 1.807) is 6.08 Å². The quantitative estimate of drug-likeness (QED) is 0.776. The first kappa shape index (κ1) is 14.6. The maximum absolute atomic E-state index is 11.9. The lowest BCUT2D eigenvalue weighted by Crippen LogP contribution is -2.30. The predicted molar refractivity (Wildman–Crippen MR) is 75.0 cm³/mol. The Balaban J connectivity index is 2.48. The zero-order chi connectivity index (χ0) is 14.8. The average molecular weight is 276 g/mol. The molecular formula is C16H20O4. The highest BCUT2D eigenvalue weighted by Crippen LogP contribution is 2.38. The Morgan fingerprint density at radius 1 is 1.20 bits per heavy atom. The summed E-state index contributed by atoms with van der Waals surface area (Å²) in [7, 11) is 0. The molecular weight excluding hydrogens is 256 g/mol. The molecule has 0 radical (unpaired) electrons. The van der Waals surface area contributed by atoms with E-state index in [2.05, 4.69) is 0 Å². The summed E-state index contributed by atoms with van der Waals surface area (Å²) in [6.45, 7) is 8.53. The molecule has 1 heterocycles. The molecule has 0 saturated carbocycles. The second-order valence-electron chi connectivity index (χ2n) is 4.75. The molecule has 0 N–H and O–H groups in total. The topological polar surface area (TPSA) is 44.8 Å². The molecule has 2 rings (SSSR count). The zero-order valence-corrected chi connectivity index (χ0v) is 12.4. The molecule has 4 heteroatoms. The van der Waals surface area contributed by atoms with Gasteiger partial charge in [0.15, 0.2) is 0 Å². The molecule has 0 amide bonds. The normalized spacial score (nSPS) is 21.6. The molecule has 1 aromatic carbocycles. The van der Waals surface area contributed by atoms with Crippen molar-refractivity contribution in [2.24, 2.45) is 0 Å². The van der Waals surface area contributed by atoms with Crippen LogP contribution in [0.3, 0.4) is 0 Å². The Kier molecular flexibility index (Phi) is 4.14. The summed E-state index contributed by atoms with van der Waals surface area (Å²) < 4.78 is 16.5. The summed E-state index contributed by atoms with van der Waals surface area (Å²) >= 11 is 0. The van der Waals surface area contributed by atoms with Gasteiger partial charge in [0.2, 0.25) is 5.76 Å². The molecule has 0 aromatic heterocycles. The van der Waals surface area contributed by atoms with Crippen LogP contribution in [0.25, 0.3) is 0 Å². The van der Waals surface area contributed by atoms with Crippen LogP contribution >= 0.6 is 0 Å². The number of ether oxygens (including phenoxy) is 3. The van der Waals surface area contributed by atoms with Crippen molar-refractivity contribution in [3.05, 3.63) is 46.7 Å². The van der Waals surface area contributed by atoms with Gasteiger partial charge in [-0.3, -0.25) is 0 Å². The maximum Gasteiger partial charge on any atom is 0.376 e. The SMILES string of the molecule is CCOC1=CC(OCC)(c2ccc(C)cc2C)OC1=O. The average Bonchev–Trinajstić information content (AvgIpc) is 2.67. The zero-order valence-electron chi connectivity index (χ0n) is 12.4. The maximum atomic E-state index is 11.9. The van der Waals surface area contributed by atoms with E-state index < -0.39 is 11.8 Å². The van der Waals surface area contributed by atoms with Crippen molar-refractivity contribution in [2.75, 3.05) is 13.2 Å². The molecule has 1 atom stereocenters. The van der Waals surface area contributed by atoms with Crippen LogP contribution in [-0.4, -0.2) is 19.2 Å². The Bertz CT molecular complexity index is 547. The van der Waals surface area contributed by atoms with Gasteiger partial charge in [-0.15, -0.1) is 0 Å². The lowest BCUT2D eigenvalue weighted by Gasteiger charge is -2.27. The van der Waals surface area contributed by atoms with Crippen LogP contribution in [0.1, 0.15) is 30.5 Å². The number of hydrogen-bond acceptors (Lipinski definition) is 4. The Morgan fingerprint density at radius 3 is 2.55 bits per heavy atom. The van der Waals surface area contributed by atoms with Crippen molar-refractivity contribution in [2.45, 2.75) is 33.5 Å². The van der Waals surface area contributed by atoms with Crippen LogP contribution in [0, 0.1) is 13.8 Å². The van der Waals surface area contributed by atoms with E-state index in [9.17, 15) is 4.79 Å². The van der Waals surface area contributed by atoms with Crippen LogP contribution in [0.2, 0.25) is 0 Å². The highest BCUT2D eigenvalue weighted by atomic mass is 16.7. The fourth-order valence-corrected chi connectivity index (χ4v) is 2.41. The van der Waals surface area contributed by atoms with Crippen LogP contribution in [0.15, 0.2) is 30.0 Å². The second kappa shape index (κ2) is 5.67. The largest absolute Gasteiger partial charge is 0.487 e. The summed E-state index contributed by atoms with van der Waals surface area (Å²) in [5.41, 5.74) is 2.99. The third-order valence-electron chi connectivity index (χ3n) is 3.18. The van der Waals surface area contributed by atoms with Crippen LogP contribution in [0.5, 0.6) is 0 Å². The molecule has 1 unspecified atom stereocenters. The Labute approximate surface area is 119 Å². The van der Waals surface area contributed by atoms with Gasteiger partial charge in [0.25, 0.3) is 5.79 Å². The molecule has 0 saturated heterocycles. The summed E-state index contributed by atoms with van der Waals surface area (Å²) in [6, 6.07) is 5.94. The molecule has 1 aliphatic heterocycles. The number of carbonyl (C=O) groups is 1. The van der Waals surface area contributed by atoms with Gasteiger partial charge in [0.1, 0.15) is 0 Å². The van der Waals surface area contributed by atoms with Gasteiger partial charge in [0.05, 0.1) is 6.61 Å². The monoisotopic (exact) mass is 276 g/mol. The van der Waals surface area contributed by atoms with Crippen molar-refractivity contribution in [3.63, 3.8) is 0 Å². The van der Waals surface area contributed by atoms with E-state index in [4.69, 9.17) is 14.2 Å². The highest BCUT2D eigenvalue weighted by molar-refractivity contribution is 5.89. The van der Waals surface area contributed by atoms with Gasteiger partial charge in [-0.2, -0.15) is 0 Å². The minimum atomic E-state index is -1.17. The number of rotatable bonds is 5. The second-order valence-corrected chi connectivity index (χ2v) is 4.75. The van der Waals surface area contributed by atoms with Gasteiger partial charge in [-0.05, 0) is 33.3 Å². The van der Waals surface area contributed by atoms with Crippen molar-refractivity contribution in [1.29, 1.82) is 0 Å². The number of benzene rings is 1. The Hall–Kier alpha value is -1.81. The number of carbonyl (C=O) groups excluding carboxylic acids is 1. The van der Waals surface area contributed by atoms with Gasteiger partial charge in [0, 0.05) is 18.2 Å². The van der Waals surface area contributed by atoms with Crippen LogP contribution in [-0.2, 0) is 24.8 Å². The first-order chi connectivity index (χ1) is 9.52. The lowest BCUT2D eigenvalue weighted by atomic mass is 9.98. The number of esters is 1. The molecule has 0 aliphatic carbocycles. The van der Waals surface area contributed by atoms with E-state index in [0.717, 1.165) is 16.7 Å². The summed E-state index contributed by atoms with van der Waals surface area (Å²) in [5.74, 6) is -1.45. The van der Waals surface area contributed by atoms with E-state index in [-0.39, 0.29) is 5.76 Å². The van der Waals surface area contributed by atoms with Gasteiger partial charge in [-0.25, -0.2) is 4.79 Å². The highest BCUT2D eigenvalue weighted by Gasteiger charge is 2.44. The molecule has 1 aromatic rings. The van der Waals surface area contributed by atoms with E-state index in [0.29, 0.717) is 13.2 Å². The van der Waals surface area contributed by atoms with Crippen molar-refractivity contribution in [3.8, 4) is 0 Å². The predicted octanol–water partition coefficient (Wildman–Crippen LogP) is 2.97. The van der Waals surface area contributed by atoms with Crippen molar-refractivity contribution < 1.29 is 19.0 Å². The van der Waals surface area contributed by atoms with Crippen molar-refractivity contribution >= 4 is 5.97 Å². The third kappa shape index (κ3) is 2.56. The minimum Gasteiger partial charge on any atom is -0.487 e. The van der Waals surface area contributed by atoms with Gasteiger partial charge >= 0.3 is 5.97 Å². The molecule has 4 nitrogen and oxygen atoms in total. The minimum absolute atomic E-state index is 0.209. The summed E-state index contributed by atoms with van der Waals surface area (Å²) in [5, 5.41) is 0. The molecule has 108 valence electrons. The molecule has 20 heavy (non-hydrogen) atoms. The van der Waals surface area contributed by atoms with Crippen LogP contribution in [0.4, 0.5) is 0 Å². The number of aryl methyl sites for hydroxylation is 2. The van der Waals surface area contributed by atoms with E-state index in [1.165, 1.54) is 0 Å². The molecule has 0 bridgehead atoms. The van der Waals surface area contributed by atoms with E-state index in [1.807, 2.05) is 45.9 Å². The molecule has 0 fully saturated rings. The Morgan fingerprint density at radius 2 is 1.95 bits per heavy atom. The fourth-order valence-electron chi connectivity index (χ4n) is 2.41. The van der Waals surface area contributed by atoms with Crippen molar-refractivity contribution in [1.82, 2.24) is 0 Å². The molecule has 1 aliphatic rings. The van der Waals surface area contributed by atoms with Gasteiger partial charge < -0.3 is 14.2 Å². The first-order valence-electron chi connectivity index (χ1n) is 6.83. The van der Waals surface area contributed by atoms with E-state index >= 15 is 0 Å².